The molecule has 3 nitrogen and oxygen atoms in total. The molecule has 0 spiro atoms. The minimum atomic E-state index is 0.696. The van der Waals surface area contributed by atoms with Gasteiger partial charge in [0, 0.05) is 16.6 Å². The Morgan fingerprint density at radius 2 is 1.95 bits per heavy atom. The molecule has 0 atom stereocenters. The zero-order valence-electron chi connectivity index (χ0n) is 11.5. The Morgan fingerprint density at radius 3 is 2.75 bits per heavy atom. The smallest absolute Gasteiger partial charge is 0.205 e. The largest absolute Gasteiger partial charge is 0.440 e. The van der Waals surface area contributed by atoms with Crippen molar-refractivity contribution < 1.29 is 4.42 Å². The second kappa shape index (κ2) is 5.21. The summed E-state index contributed by atoms with van der Waals surface area (Å²) >= 11 is 1.73. The molecular weight excluding hydrogens is 268 g/mol. The molecule has 0 unspecified atom stereocenters. The minimum Gasteiger partial charge on any atom is -0.440 e. The third-order valence-electron chi connectivity index (χ3n) is 3.30. The Labute approximate surface area is 122 Å². The van der Waals surface area contributed by atoms with Crippen LogP contribution >= 0.6 is 11.8 Å². The van der Waals surface area contributed by atoms with Crippen LogP contribution < -0.4 is 5.73 Å². The molecule has 0 aliphatic heterocycles. The average Bonchev–Trinajstić information content (AvgIpc) is 2.82. The van der Waals surface area contributed by atoms with E-state index in [4.69, 9.17) is 10.2 Å². The van der Waals surface area contributed by atoms with E-state index in [-0.39, 0.29) is 0 Å². The van der Waals surface area contributed by atoms with Gasteiger partial charge in [-0.2, -0.15) is 0 Å². The minimum absolute atomic E-state index is 0.696. The standard InChI is InChI=1S/C16H16N2OS/c1-10-3-5-13(7-11(10)2)20-9-16-18-14-6-4-12(17)8-15(14)19-16/h3-8H,9,17H2,1-2H3. The van der Waals surface area contributed by atoms with Crippen LogP contribution in [0.1, 0.15) is 17.0 Å². The molecule has 0 amide bonds. The van der Waals surface area contributed by atoms with E-state index in [1.807, 2.05) is 18.2 Å². The van der Waals surface area contributed by atoms with E-state index in [0.717, 1.165) is 22.7 Å². The zero-order valence-corrected chi connectivity index (χ0v) is 12.3. The zero-order chi connectivity index (χ0) is 14.1. The van der Waals surface area contributed by atoms with Crippen molar-refractivity contribution in [3.8, 4) is 0 Å². The van der Waals surface area contributed by atoms with Crippen LogP contribution in [0.2, 0.25) is 0 Å². The van der Waals surface area contributed by atoms with Gasteiger partial charge in [0.2, 0.25) is 5.89 Å². The molecule has 0 bridgehead atoms. The van der Waals surface area contributed by atoms with Gasteiger partial charge in [-0.25, -0.2) is 4.98 Å². The van der Waals surface area contributed by atoms with Gasteiger partial charge in [-0.1, -0.05) is 6.07 Å². The predicted octanol–water partition coefficient (Wildman–Crippen LogP) is 4.32. The summed E-state index contributed by atoms with van der Waals surface area (Å²) in [7, 11) is 0. The highest BCUT2D eigenvalue weighted by Crippen LogP contribution is 2.26. The van der Waals surface area contributed by atoms with Crippen LogP contribution in [0.3, 0.4) is 0 Å². The van der Waals surface area contributed by atoms with Crippen LogP contribution in [0.4, 0.5) is 5.69 Å². The van der Waals surface area contributed by atoms with E-state index in [1.165, 1.54) is 16.0 Å². The quantitative estimate of drug-likeness (QED) is 0.575. The number of fused-ring (bicyclic) bond motifs is 1. The van der Waals surface area contributed by atoms with Gasteiger partial charge in [0.05, 0.1) is 5.75 Å². The molecule has 1 aromatic heterocycles. The average molecular weight is 284 g/mol. The maximum Gasteiger partial charge on any atom is 0.205 e. The lowest BCUT2D eigenvalue weighted by Crippen LogP contribution is -1.83. The van der Waals surface area contributed by atoms with Crippen molar-refractivity contribution in [3.63, 3.8) is 0 Å². The summed E-state index contributed by atoms with van der Waals surface area (Å²) in [6, 6.07) is 12.0. The summed E-state index contributed by atoms with van der Waals surface area (Å²) < 4.78 is 5.71. The van der Waals surface area contributed by atoms with Gasteiger partial charge in [0.15, 0.2) is 5.58 Å². The molecule has 0 aliphatic rings. The van der Waals surface area contributed by atoms with Crippen molar-refractivity contribution in [2.75, 3.05) is 5.73 Å². The SMILES string of the molecule is Cc1ccc(SCc2nc3ccc(N)cc3o2)cc1C. The molecular formula is C16H16N2OS. The monoisotopic (exact) mass is 284 g/mol. The highest BCUT2D eigenvalue weighted by molar-refractivity contribution is 7.98. The van der Waals surface area contributed by atoms with Gasteiger partial charge >= 0.3 is 0 Å². The molecule has 102 valence electrons. The molecule has 3 rings (SSSR count). The van der Waals surface area contributed by atoms with Crippen LogP contribution in [0.5, 0.6) is 0 Å². The Hall–Kier alpha value is -1.94. The number of aryl methyl sites for hydroxylation is 2. The Morgan fingerprint density at radius 1 is 1.10 bits per heavy atom. The lowest BCUT2D eigenvalue weighted by atomic mass is 10.1. The first-order valence-corrected chi connectivity index (χ1v) is 7.45. The summed E-state index contributed by atoms with van der Waals surface area (Å²) in [5.74, 6) is 1.45. The first kappa shape index (κ1) is 13.1. The third kappa shape index (κ3) is 2.65. The number of thioether (sulfide) groups is 1. The topological polar surface area (TPSA) is 52.0 Å². The van der Waals surface area contributed by atoms with Crippen molar-refractivity contribution in [2.45, 2.75) is 24.5 Å². The number of nitrogen functional groups attached to an aromatic ring is 1. The van der Waals surface area contributed by atoms with E-state index in [0.29, 0.717) is 5.69 Å². The lowest BCUT2D eigenvalue weighted by Gasteiger charge is -2.03. The van der Waals surface area contributed by atoms with E-state index in [1.54, 1.807) is 11.8 Å². The number of nitrogens with two attached hydrogens (primary N) is 1. The second-order valence-corrected chi connectivity index (χ2v) is 5.92. The van der Waals surface area contributed by atoms with E-state index < -0.39 is 0 Å². The molecule has 2 aromatic carbocycles. The number of hydrogen-bond acceptors (Lipinski definition) is 4. The number of hydrogen-bond donors (Lipinski definition) is 1. The molecule has 0 radical (unpaired) electrons. The predicted molar refractivity (Wildman–Crippen MR) is 83.9 cm³/mol. The third-order valence-corrected chi connectivity index (χ3v) is 4.28. The van der Waals surface area contributed by atoms with Crippen molar-refractivity contribution >= 4 is 28.5 Å². The number of nitrogens with zero attached hydrogens (tertiary/aromatic N) is 1. The molecule has 2 N–H and O–H groups in total. The van der Waals surface area contributed by atoms with E-state index in [2.05, 4.69) is 37.0 Å². The van der Waals surface area contributed by atoms with E-state index in [9.17, 15) is 0 Å². The maximum absolute atomic E-state index is 5.74. The summed E-state index contributed by atoms with van der Waals surface area (Å²) in [4.78, 5) is 5.70. The molecule has 0 aliphatic carbocycles. The van der Waals surface area contributed by atoms with Crippen molar-refractivity contribution in [3.05, 3.63) is 53.4 Å². The van der Waals surface area contributed by atoms with Crippen molar-refractivity contribution in [1.29, 1.82) is 0 Å². The summed E-state index contributed by atoms with van der Waals surface area (Å²) in [6.07, 6.45) is 0. The molecule has 1 heterocycles. The van der Waals surface area contributed by atoms with Crippen LogP contribution in [-0.2, 0) is 5.75 Å². The summed E-state index contributed by atoms with van der Waals surface area (Å²) in [5, 5.41) is 0. The highest BCUT2D eigenvalue weighted by Gasteiger charge is 2.07. The van der Waals surface area contributed by atoms with Gasteiger partial charge < -0.3 is 10.2 Å². The Kier molecular flexibility index (Phi) is 3.40. The molecule has 20 heavy (non-hydrogen) atoms. The maximum atomic E-state index is 5.74. The first-order valence-electron chi connectivity index (χ1n) is 6.47. The summed E-state index contributed by atoms with van der Waals surface area (Å²) in [5.41, 5.74) is 10.7. The van der Waals surface area contributed by atoms with Gasteiger partial charge in [-0.3, -0.25) is 0 Å². The lowest BCUT2D eigenvalue weighted by molar-refractivity contribution is 0.556. The van der Waals surface area contributed by atoms with Gasteiger partial charge in [-0.15, -0.1) is 11.8 Å². The number of anilines is 1. The number of benzene rings is 2. The Bertz CT molecular complexity index is 764. The fraction of sp³-hybridized carbons (Fsp3) is 0.188. The number of aromatic nitrogens is 1. The Balaban J connectivity index is 1.77. The molecule has 0 saturated carbocycles. The first-order chi connectivity index (χ1) is 9.61. The van der Waals surface area contributed by atoms with Crippen molar-refractivity contribution in [2.24, 2.45) is 0 Å². The van der Waals surface area contributed by atoms with Crippen molar-refractivity contribution in [1.82, 2.24) is 4.98 Å². The normalized spacial score (nSPS) is 11.1. The molecule has 0 saturated heterocycles. The number of oxazole rings is 1. The van der Waals surface area contributed by atoms with Crippen LogP contribution in [0.15, 0.2) is 45.7 Å². The van der Waals surface area contributed by atoms with Gasteiger partial charge in [0.1, 0.15) is 5.52 Å². The second-order valence-electron chi connectivity index (χ2n) is 4.87. The molecule has 3 aromatic rings. The summed E-state index contributed by atoms with van der Waals surface area (Å²) in [6.45, 7) is 4.25. The number of rotatable bonds is 3. The van der Waals surface area contributed by atoms with Gasteiger partial charge in [-0.05, 0) is 49.2 Å². The van der Waals surface area contributed by atoms with E-state index >= 15 is 0 Å². The van der Waals surface area contributed by atoms with Crippen LogP contribution in [0, 0.1) is 13.8 Å². The molecule has 4 heteroatoms. The van der Waals surface area contributed by atoms with Crippen LogP contribution in [-0.4, -0.2) is 4.98 Å². The van der Waals surface area contributed by atoms with Crippen LogP contribution in [0.25, 0.3) is 11.1 Å². The highest BCUT2D eigenvalue weighted by atomic mass is 32.2. The fourth-order valence-corrected chi connectivity index (χ4v) is 2.84. The van der Waals surface area contributed by atoms with Gasteiger partial charge in [0.25, 0.3) is 0 Å². The fourth-order valence-electron chi connectivity index (χ4n) is 2.00. The molecule has 0 fully saturated rings.